The first-order valence-corrected chi connectivity index (χ1v) is 6.09. The molecule has 0 bridgehead atoms. The first-order chi connectivity index (χ1) is 6.75. The highest BCUT2D eigenvalue weighted by Crippen LogP contribution is 2.31. The molecular formula is C12H22O2. The summed E-state index contributed by atoms with van der Waals surface area (Å²) >= 11 is 0. The summed E-state index contributed by atoms with van der Waals surface area (Å²) in [7, 11) is 0. The highest BCUT2D eigenvalue weighted by Gasteiger charge is 2.30. The first kappa shape index (κ1) is 10.4. The molecule has 2 heteroatoms. The Morgan fingerprint density at radius 2 is 1.93 bits per heavy atom. The Morgan fingerprint density at radius 3 is 2.50 bits per heavy atom. The fraction of sp³-hybridized carbons (Fsp3) is 1.00. The lowest BCUT2D eigenvalue weighted by Gasteiger charge is -2.21. The van der Waals surface area contributed by atoms with Gasteiger partial charge in [0.25, 0.3) is 0 Å². The molecule has 3 unspecified atom stereocenters. The third kappa shape index (κ3) is 2.48. The lowest BCUT2D eigenvalue weighted by atomic mass is 9.96. The molecule has 1 aliphatic heterocycles. The lowest BCUT2D eigenvalue weighted by molar-refractivity contribution is -0.0371. The molecule has 0 aromatic heterocycles. The Hall–Kier alpha value is -0.0800. The van der Waals surface area contributed by atoms with Gasteiger partial charge in [-0.15, -0.1) is 0 Å². The van der Waals surface area contributed by atoms with Crippen molar-refractivity contribution in [3.8, 4) is 0 Å². The Kier molecular flexibility index (Phi) is 3.45. The van der Waals surface area contributed by atoms with Crippen LogP contribution >= 0.6 is 0 Å². The molecule has 2 rings (SSSR count). The van der Waals surface area contributed by atoms with E-state index in [1.807, 2.05) is 0 Å². The number of hydrogen-bond donors (Lipinski definition) is 1. The zero-order valence-corrected chi connectivity index (χ0v) is 9.11. The highest BCUT2D eigenvalue weighted by atomic mass is 16.5. The van der Waals surface area contributed by atoms with Crippen LogP contribution in [0.15, 0.2) is 0 Å². The second-order valence-corrected chi connectivity index (χ2v) is 5.02. The summed E-state index contributed by atoms with van der Waals surface area (Å²) in [6, 6.07) is 0. The van der Waals surface area contributed by atoms with E-state index < -0.39 is 0 Å². The Balaban J connectivity index is 1.74. The molecule has 0 radical (unpaired) electrons. The van der Waals surface area contributed by atoms with E-state index in [0.29, 0.717) is 6.10 Å². The smallest absolute Gasteiger partial charge is 0.0838 e. The molecule has 0 aromatic rings. The maximum Gasteiger partial charge on any atom is 0.0838 e. The van der Waals surface area contributed by atoms with E-state index in [0.717, 1.165) is 25.2 Å². The Bertz CT molecular complexity index is 175. The van der Waals surface area contributed by atoms with Crippen molar-refractivity contribution in [2.45, 2.75) is 70.2 Å². The number of ether oxygens (including phenoxy) is 1. The molecule has 1 saturated heterocycles. The molecule has 1 N–H and O–H groups in total. The van der Waals surface area contributed by atoms with Crippen LogP contribution < -0.4 is 0 Å². The van der Waals surface area contributed by atoms with Gasteiger partial charge < -0.3 is 9.84 Å². The number of aliphatic hydroxyl groups is 1. The molecule has 2 aliphatic rings. The summed E-state index contributed by atoms with van der Waals surface area (Å²) in [5.41, 5.74) is 0. The molecular weight excluding hydrogens is 176 g/mol. The molecule has 2 fully saturated rings. The third-order valence-corrected chi connectivity index (χ3v) is 3.74. The predicted octanol–water partition coefficient (Wildman–Crippen LogP) is 2.50. The van der Waals surface area contributed by atoms with Gasteiger partial charge in [0.1, 0.15) is 0 Å². The van der Waals surface area contributed by atoms with Crippen molar-refractivity contribution in [2.24, 2.45) is 5.92 Å². The summed E-state index contributed by atoms with van der Waals surface area (Å²) in [5, 5.41) is 10.0. The monoisotopic (exact) mass is 198 g/mol. The predicted molar refractivity (Wildman–Crippen MR) is 56.2 cm³/mol. The van der Waals surface area contributed by atoms with Gasteiger partial charge in [0, 0.05) is 0 Å². The maximum absolute atomic E-state index is 10.0. The standard InChI is InChI=1S/C12H22O2/c1-9-6-7-12(14-9)11(13)8-10-4-2-3-5-10/h9-13H,2-8H2,1H3. The van der Waals surface area contributed by atoms with Crippen LogP contribution in [0.5, 0.6) is 0 Å². The van der Waals surface area contributed by atoms with Crippen molar-refractivity contribution in [3.05, 3.63) is 0 Å². The van der Waals surface area contributed by atoms with Crippen molar-refractivity contribution in [1.82, 2.24) is 0 Å². The fourth-order valence-electron chi connectivity index (χ4n) is 2.86. The summed E-state index contributed by atoms with van der Waals surface area (Å²) in [5.74, 6) is 0.768. The summed E-state index contributed by atoms with van der Waals surface area (Å²) < 4.78 is 5.68. The quantitative estimate of drug-likeness (QED) is 0.755. The average molecular weight is 198 g/mol. The van der Waals surface area contributed by atoms with E-state index in [2.05, 4.69) is 6.92 Å². The molecule has 3 atom stereocenters. The molecule has 2 nitrogen and oxygen atoms in total. The van der Waals surface area contributed by atoms with E-state index in [1.165, 1.54) is 25.7 Å². The molecule has 0 spiro atoms. The van der Waals surface area contributed by atoms with Crippen molar-refractivity contribution >= 4 is 0 Å². The normalized spacial score (nSPS) is 36.4. The number of rotatable bonds is 3. The second kappa shape index (κ2) is 4.63. The van der Waals surface area contributed by atoms with Crippen LogP contribution in [0.1, 0.15) is 51.9 Å². The van der Waals surface area contributed by atoms with Crippen LogP contribution in [-0.4, -0.2) is 23.4 Å². The Morgan fingerprint density at radius 1 is 1.21 bits per heavy atom. The minimum absolute atomic E-state index is 0.130. The Labute approximate surface area is 86.6 Å². The van der Waals surface area contributed by atoms with Crippen LogP contribution in [0, 0.1) is 5.92 Å². The second-order valence-electron chi connectivity index (χ2n) is 5.02. The molecule has 1 aliphatic carbocycles. The largest absolute Gasteiger partial charge is 0.390 e. The molecule has 82 valence electrons. The first-order valence-electron chi connectivity index (χ1n) is 6.09. The third-order valence-electron chi connectivity index (χ3n) is 3.74. The summed E-state index contributed by atoms with van der Waals surface area (Å²) in [6.45, 7) is 2.10. The molecule has 14 heavy (non-hydrogen) atoms. The topological polar surface area (TPSA) is 29.5 Å². The van der Waals surface area contributed by atoms with Gasteiger partial charge in [-0.1, -0.05) is 25.7 Å². The van der Waals surface area contributed by atoms with Gasteiger partial charge in [0.05, 0.1) is 18.3 Å². The van der Waals surface area contributed by atoms with Crippen molar-refractivity contribution < 1.29 is 9.84 Å². The maximum atomic E-state index is 10.0. The summed E-state index contributed by atoms with van der Waals surface area (Å²) in [4.78, 5) is 0. The van der Waals surface area contributed by atoms with Crippen LogP contribution in [-0.2, 0) is 4.74 Å². The number of aliphatic hydroxyl groups excluding tert-OH is 1. The van der Waals surface area contributed by atoms with Crippen LogP contribution in [0.2, 0.25) is 0 Å². The van der Waals surface area contributed by atoms with Crippen LogP contribution in [0.25, 0.3) is 0 Å². The van der Waals surface area contributed by atoms with Gasteiger partial charge in [0.15, 0.2) is 0 Å². The van der Waals surface area contributed by atoms with Crippen LogP contribution in [0.3, 0.4) is 0 Å². The van der Waals surface area contributed by atoms with Gasteiger partial charge in [0.2, 0.25) is 0 Å². The van der Waals surface area contributed by atoms with Gasteiger partial charge >= 0.3 is 0 Å². The van der Waals surface area contributed by atoms with E-state index in [4.69, 9.17) is 4.74 Å². The fourth-order valence-corrected chi connectivity index (χ4v) is 2.86. The minimum atomic E-state index is -0.206. The molecule has 1 heterocycles. The van der Waals surface area contributed by atoms with Gasteiger partial charge in [-0.25, -0.2) is 0 Å². The van der Waals surface area contributed by atoms with Gasteiger partial charge in [-0.2, -0.15) is 0 Å². The zero-order valence-electron chi connectivity index (χ0n) is 9.11. The van der Waals surface area contributed by atoms with E-state index in [-0.39, 0.29) is 12.2 Å². The molecule has 0 aromatic carbocycles. The van der Waals surface area contributed by atoms with Crippen molar-refractivity contribution in [3.63, 3.8) is 0 Å². The van der Waals surface area contributed by atoms with Crippen LogP contribution in [0.4, 0.5) is 0 Å². The van der Waals surface area contributed by atoms with E-state index >= 15 is 0 Å². The van der Waals surface area contributed by atoms with Gasteiger partial charge in [-0.05, 0) is 32.1 Å². The van der Waals surface area contributed by atoms with Gasteiger partial charge in [-0.3, -0.25) is 0 Å². The number of hydrogen-bond acceptors (Lipinski definition) is 2. The minimum Gasteiger partial charge on any atom is -0.390 e. The summed E-state index contributed by atoms with van der Waals surface area (Å²) in [6.07, 6.45) is 8.78. The van der Waals surface area contributed by atoms with Crippen molar-refractivity contribution in [2.75, 3.05) is 0 Å². The molecule has 0 amide bonds. The lowest BCUT2D eigenvalue weighted by Crippen LogP contribution is -2.27. The SMILES string of the molecule is CC1CCC(C(O)CC2CCCC2)O1. The van der Waals surface area contributed by atoms with E-state index in [9.17, 15) is 5.11 Å². The van der Waals surface area contributed by atoms with E-state index in [1.54, 1.807) is 0 Å². The average Bonchev–Trinajstić information content (AvgIpc) is 2.75. The molecule has 1 saturated carbocycles. The zero-order chi connectivity index (χ0) is 9.97. The van der Waals surface area contributed by atoms with Crippen molar-refractivity contribution in [1.29, 1.82) is 0 Å². The highest BCUT2D eigenvalue weighted by molar-refractivity contribution is 4.80.